The molecule has 1 aromatic heterocycles. The number of halogens is 1. The molecule has 0 radical (unpaired) electrons. The Morgan fingerprint density at radius 2 is 2.12 bits per heavy atom. The van der Waals surface area contributed by atoms with Crippen molar-refractivity contribution in [1.29, 1.82) is 0 Å². The lowest BCUT2D eigenvalue weighted by molar-refractivity contribution is 0.0482. The standard InChI is InChI=1S/C19H23FN2O3/c1-3-17-21-13(2)18(25-17)19(23)22(12-16-5-4-10-24-16)11-14-6-8-15(20)9-7-14/h6-9,16H,3-5,10-12H2,1-2H3. The predicted octanol–water partition coefficient (Wildman–Crippen LogP) is 3.51. The molecule has 5 nitrogen and oxygen atoms in total. The van der Waals surface area contributed by atoms with Gasteiger partial charge in [0.2, 0.25) is 5.76 Å². The maximum absolute atomic E-state index is 13.1. The lowest BCUT2D eigenvalue weighted by atomic mass is 10.1. The highest BCUT2D eigenvalue weighted by molar-refractivity contribution is 5.92. The summed E-state index contributed by atoms with van der Waals surface area (Å²) >= 11 is 0. The highest BCUT2D eigenvalue weighted by Gasteiger charge is 2.27. The minimum Gasteiger partial charge on any atom is -0.435 e. The van der Waals surface area contributed by atoms with Crippen molar-refractivity contribution in [2.45, 2.75) is 45.8 Å². The molecular weight excluding hydrogens is 323 g/mol. The number of benzene rings is 1. The van der Waals surface area contributed by atoms with E-state index in [2.05, 4.69) is 4.98 Å². The van der Waals surface area contributed by atoms with E-state index in [9.17, 15) is 9.18 Å². The van der Waals surface area contributed by atoms with Crippen LogP contribution >= 0.6 is 0 Å². The molecule has 0 saturated carbocycles. The minimum absolute atomic E-state index is 0.0262. The first-order valence-corrected chi connectivity index (χ1v) is 8.68. The van der Waals surface area contributed by atoms with E-state index in [1.807, 2.05) is 6.92 Å². The Hall–Kier alpha value is -2.21. The lowest BCUT2D eigenvalue weighted by Crippen LogP contribution is -2.37. The zero-order valence-corrected chi connectivity index (χ0v) is 14.6. The first kappa shape index (κ1) is 17.6. The average molecular weight is 346 g/mol. The molecule has 1 aromatic carbocycles. The summed E-state index contributed by atoms with van der Waals surface area (Å²) in [5.74, 6) is 0.334. The van der Waals surface area contributed by atoms with Crippen molar-refractivity contribution >= 4 is 5.91 Å². The van der Waals surface area contributed by atoms with Gasteiger partial charge in [-0.2, -0.15) is 0 Å². The van der Waals surface area contributed by atoms with Gasteiger partial charge in [-0.15, -0.1) is 0 Å². The van der Waals surface area contributed by atoms with Gasteiger partial charge in [0.05, 0.1) is 11.8 Å². The number of aromatic nitrogens is 1. The molecule has 0 aliphatic carbocycles. The maximum atomic E-state index is 13.1. The van der Waals surface area contributed by atoms with Gasteiger partial charge in [0, 0.05) is 26.1 Å². The topological polar surface area (TPSA) is 55.6 Å². The summed E-state index contributed by atoms with van der Waals surface area (Å²) in [6, 6.07) is 6.18. The molecule has 1 unspecified atom stereocenters. The van der Waals surface area contributed by atoms with Crippen LogP contribution in [0, 0.1) is 12.7 Å². The van der Waals surface area contributed by atoms with Crippen LogP contribution in [0.1, 0.15) is 47.5 Å². The molecule has 1 fully saturated rings. The second-order valence-electron chi connectivity index (χ2n) is 6.32. The number of oxazole rings is 1. The van der Waals surface area contributed by atoms with Crippen LogP contribution in [0.2, 0.25) is 0 Å². The number of hydrogen-bond donors (Lipinski definition) is 0. The fourth-order valence-electron chi connectivity index (χ4n) is 3.01. The minimum atomic E-state index is -0.292. The third-order valence-electron chi connectivity index (χ3n) is 4.36. The Kier molecular flexibility index (Phi) is 5.48. The van der Waals surface area contributed by atoms with E-state index >= 15 is 0 Å². The first-order chi connectivity index (χ1) is 12.1. The Balaban J connectivity index is 1.82. The molecule has 0 bridgehead atoms. The molecule has 2 aromatic rings. The van der Waals surface area contributed by atoms with Gasteiger partial charge in [-0.1, -0.05) is 19.1 Å². The predicted molar refractivity (Wildman–Crippen MR) is 90.7 cm³/mol. The van der Waals surface area contributed by atoms with Gasteiger partial charge in [0.15, 0.2) is 5.89 Å². The van der Waals surface area contributed by atoms with Crippen LogP contribution in [0.25, 0.3) is 0 Å². The number of carbonyl (C=O) groups excluding carboxylic acids is 1. The number of aryl methyl sites for hydroxylation is 2. The summed E-state index contributed by atoms with van der Waals surface area (Å²) in [6.45, 7) is 5.29. The van der Waals surface area contributed by atoms with Crippen LogP contribution in [-0.4, -0.2) is 35.0 Å². The van der Waals surface area contributed by atoms with E-state index in [1.54, 1.807) is 24.0 Å². The van der Waals surface area contributed by atoms with Crippen molar-refractivity contribution in [3.8, 4) is 0 Å². The molecule has 1 amide bonds. The number of rotatable bonds is 6. The molecule has 134 valence electrons. The zero-order chi connectivity index (χ0) is 17.8. The van der Waals surface area contributed by atoms with Gasteiger partial charge in [0.1, 0.15) is 5.82 Å². The van der Waals surface area contributed by atoms with Crippen molar-refractivity contribution in [2.24, 2.45) is 0 Å². The SMILES string of the molecule is CCc1nc(C)c(C(=O)N(Cc2ccc(F)cc2)CC2CCCO2)o1. The maximum Gasteiger partial charge on any atom is 0.291 e. The van der Waals surface area contributed by atoms with Crippen LogP contribution < -0.4 is 0 Å². The molecule has 25 heavy (non-hydrogen) atoms. The van der Waals surface area contributed by atoms with Crippen LogP contribution in [-0.2, 0) is 17.7 Å². The van der Waals surface area contributed by atoms with Gasteiger partial charge >= 0.3 is 0 Å². The molecule has 0 spiro atoms. The average Bonchev–Trinajstić information content (AvgIpc) is 3.25. The highest BCUT2D eigenvalue weighted by Crippen LogP contribution is 2.20. The Morgan fingerprint density at radius 3 is 2.72 bits per heavy atom. The molecule has 1 aliphatic heterocycles. The van der Waals surface area contributed by atoms with E-state index in [1.165, 1.54) is 12.1 Å². The monoisotopic (exact) mass is 346 g/mol. The second kappa shape index (κ2) is 7.78. The van der Waals surface area contributed by atoms with Crippen LogP contribution in [0.3, 0.4) is 0 Å². The van der Waals surface area contributed by atoms with Crippen molar-refractivity contribution in [3.05, 3.63) is 53.0 Å². The summed E-state index contributed by atoms with van der Waals surface area (Å²) in [6.07, 6.45) is 2.60. The Morgan fingerprint density at radius 1 is 1.36 bits per heavy atom. The van der Waals surface area contributed by atoms with Crippen LogP contribution in [0.4, 0.5) is 4.39 Å². The summed E-state index contributed by atoms with van der Waals surface area (Å²) in [5.41, 5.74) is 1.46. The van der Waals surface area contributed by atoms with E-state index in [4.69, 9.17) is 9.15 Å². The fraction of sp³-hybridized carbons (Fsp3) is 0.474. The van der Waals surface area contributed by atoms with Gasteiger partial charge in [-0.05, 0) is 37.5 Å². The Bertz CT molecular complexity index is 721. The van der Waals surface area contributed by atoms with Crippen molar-refractivity contribution in [1.82, 2.24) is 9.88 Å². The first-order valence-electron chi connectivity index (χ1n) is 8.68. The Labute approximate surface area is 146 Å². The summed E-state index contributed by atoms with van der Waals surface area (Å²) < 4.78 is 24.5. The summed E-state index contributed by atoms with van der Waals surface area (Å²) in [5, 5.41) is 0. The van der Waals surface area contributed by atoms with E-state index in [0.717, 1.165) is 25.0 Å². The number of nitrogens with zero attached hydrogens (tertiary/aromatic N) is 2. The number of ether oxygens (including phenoxy) is 1. The zero-order valence-electron chi connectivity index (χ0n) is 14.6. The van der Waals surface area contributed by atoms with Crippen molar-refractivity contribution < 1.29 is 18.3 Å². The number of hydrogen-bond acceptors (Lipinski definition) is 4. The molecule has 0 N–H and O–H groups in total. The summed E-state index contributed by atoms with van der Waals surface area (Å²) in [4.78, 5) is 19.0. The smallest absolute Gasteiger partial charge is 0.291 e. The highest BCUT2D eigenvalue weighted by atomic mass is 19.1. The molecule has 1 saturated heterocycles. The second-order valence-corrected chi connectivity index (χ2v) is 6.32. The molecule has 2 heterocycles. The molecule has 3 rings (SSSR count). The third-order valence-corrected chi connectivity index (χ3v) is 4.36. The quantitative estimate of drug-likeness (QED) is 0.803. The molecular formula is C19H23FN2O3. The molecule has 6 heteroatoms. The van der Waals surface area contributed by atoms with Crippen LogP contribution in [0.15, 0.2) is 28.7 Å². The van der Waals surface area contributed by atoms with Crippen LogP contribution in [0.5, 0.6) is 0 Å². The van der Waals surface area contributed by atoms with Crippen molar-refractivity contribution in [3.63, 3.8) is 0 Å². The molecule has 1 aliphatic rings. The van der Waals surface area contributed by atoms with Gasteiger partial charge in [-0.3, -0.25) is 4.79 Å². The van der Waals surface area contributed by atoms with E-state index in [-0.39, 0.29) is 23.6 Å². The van der Waals surface area contributed by atoms with Gasteiger partial charge in [-0.25, -0.2) is 9.37 Å². The largest absolute Gasteiger partial charge is 0.435 e. The van der Waals surface area contributed by atoms with Crippen molar-refractivity contribution in [2.75, 3.05) is 13.2 Å². The number of carbonyl (C=O) groups is 1. The third kappa shape index (κ3) is 4.25. The van der Waals surface area contributed by atoms with Gasteiger partial charge < -0.3 is 14.1 Å². The normalized spacial score (nSPS) is 17.0. The molecule has 1 atom stereocenters. The number of amides is 1. The van der Waals surface area contributed by atoms with E-state index < -0.39 is 0 Å². The fourth-order valence-corrected chi connectivity index (χ4v) is 3.01. The summed E-state index contributed by atoms with van der Waals surface area (Å²) in [7, 11) is 0. The lowest BCUT2D eigenvalue weighted by Gasteiger charge is -2.25. The van der Waals surface area contributed by atoms with E-state index in [0.29, 0.717) is 31.1 Å². The van der Waals surface area contributed by atoms with Gasteiger partial charge in [0.25, 0.3) is 5.91 Å².